The van der Waals surface area contributed by atoms with Gasteiger partial charge in [-0.25, -0.2) is 0 Å². The second kappa shape index (κ2) is 4.34. The molecular weight excluding hydrogens is 282 g/mol. The minimum atomic E-state index is -0.988. The molecule has 0 aromatic heterocycles. The third-order valence-corrected chi connectivity index (χ3v) is 4.30. The molecule has 1 fully saturated rings. The van der Waals surface area contributed by atoms with Crippen molar-refractivity contribution in [1.82, 2.24) is 0 Å². The second-order valence-electron chi connectivity index (χ2n) is 4.42. The third-order valence-electron chi connectivity index (χ3n) is 2.97. The van der Waals surface area contributed by atoms with Crippen LogP contribution in [0.4, 0.5) is 0 Å². The van der Waals surface area contributed by atoms with Gasteiger partial charge in [0.15, 0.2) is 0 Å². The van der Waals surface area contributed by atoms with Gasteiger partial charge in [0.1, 0.15) is 16.4 Å². The summed E-state index contributed by atoms with van der Waals surface area (Å²) in [7, 11) is 0. The first-order chi connectivity index (χ1) is 7.85. The van der Waals surface area contributed by atoms with Gasteiger partial charge in [0.25, 0.3) is 0 Å². The smallest absolute Gasteiger partial charge is 0.315 e. The van der Waals surface area contributed by atoms with Gasteiger partial charge in [0.05, 0.1) is 0 Å². The zero-order valence-corrected chi connectivity index (χ0v) is 11.4. The Bertz CT molecular complexity index is 459. The van der Waals surface area contributed by atoms with E-state index in [0.29, 0.717) is 11.4 Å². The van der Waals surface area contributed by atoms with Gasteiger partial charge >= 0.3 is 5.97 Å². The van der Waals surface area contributed by atoms with Gasteiger partial charge in [0.2, 0.25) is 0 Å². The molecule has 1 aromatic rings. The summed E-state index contributed by atoms with van der Waals surface area (Å²) < 4.78 is 4.19. The highest BCUT2D eigenvalue weighted by Crippen LogP contribution is 2.64. The summed E-state index contributed by atoms with van der Waals surface area (Å²) in [6, 6.07) is 7.15. The minimum absolute atomic E-state index is 0.179. The third kappa shape index (κ3) is 2.54. The molecule has 5 heteroatoms. The summed E-state index contributed by atoms with van der Waals surface area (Å²) in [5.74, 6) is -0.373. The molecule has 1 saturated carbocycles. The van der Waals surface area contributed by atoms with E-state index in [1.54, 1.807) is 25.1 Å². The summed E-state index contributed by atoms with van der Waals surface area (Å²) >= 11 is 17.6. The van der Waals surface area contributed by atoms with Crippen LogP contribution >= 0.6 is 34.8 Å². The maximum Gasteiger partial charge on any atom is 0.315 e. The molecule has 2 nitrogen and oxygen atoms in total. The maximum atomic E-state index is 11.8. The van der Waals surface area contributed by atoms with E-state index in [-0.39, 0.29) is 12.6 Å². The maximum absolute atomic E-state index is 11.8. The number of ether oxygens (including phenoxy) is 1. The van der Waals surface area contributed by atoms with E-state index in [9.17, 15) is 4.79 Å². The number of alkyl halides is 2. The van der Waals surface area contributed by atoms with Crippen LogP contribution in [0.1, 0.15) is 18.9 Å². The zero-order valence-electron chi connectivity index (χ0n) is 9.17. The first kappa shape index (κ1) is 13.0. The lowest BCUT2D eigenvalue weighted by Crippen LogP contribution is -2.21. The number of benzene rings is 1. The molecule has 0 saturated heterocycles. The van der Waals surface area contributed by atoms with Crippen LogP contribution in [0.5, 0.6) is 0 Å². The number of hydrogen-bond donors (Lipinski definition) is 0. The zero-order chi connectivity index (χ0) is 12.7. The molecule has 17 heavy (non-hydrogen) atoms. The Morgan fingerprint density at radius 1 is 1.47 bits per heavy atom. The largest absolute Gasteiger partial charge is 0.460 e. The fraction of sp³-hybridized carbons (Fsp3) is 0.417. The van der Waals surface area contributed by atoms with Crippen LogP contribution in [0.15, 0.2) is 24.3 Å². The Balaban J connectivity index is 1.94. The van der Waals surface area contributed by atoms with Crippen molar-refractivity contribution < 1.29 is 9.53 Å². The van der Waals surface area contributed by atoms with Crippen molar-refractivity contribution in [2.45, 2.75) is 24.3 Å². The minimum Gasteiger partial charge on any atom is -0.460 e. The lowest BCUT2D eigenvalue weighted by atomic mass is 10.1. The number of carbonyl (C=O) groups excluding carboxylic acids is 1. The van der Waals surface area contributed by atoms with Gasteiger partial charge < -0.3 is 4.74 Å². The summed E-state index contributed by atoms with van der Waals surface area (Å²) in [5.41, 5.74) is 0.0548. The van der Waals surface area contributed by atoms with Crippen LogP contribution in [0.25, 0.3) is 0 Å². The number of rotatable bonds is 3. The number of carbonyl (C=O) groups is 1. The number of halogens is 3. The van der Waals surface area contributed by atoms with E-state index >= 15 is 0 Å². The Kier molecular flexibility index (Phi) is 3.32. The van der Waals surface area contributed by atoms with Crippen molar-refractivity contribution in [2.75, 3.05) is 0 Å². The van der Waals surface area contributed by atoms with Gasteiger partial charge in [-0.1, -0.05) is 23.7 Å². The molecule has 1 aliphatic rings. The first-order valence-corrected chi connectivity index (χ1v) is 6.28. The van der Waals surface area contributed by atoms with Crippen LogP contribution in [0, 0.1) is 5.41 Å². The quantitative estimate of drug-likeness (QED) is 0.623. The molecule has 0 radical (unpaired) electrons. The highest BCUT2D eigenvalue weighted by atomic mass is 35.5. The molecule has 92 valence electrons. The van der Waals surface area contributed by atoms with E-state index < -0.39 is 9.75 Å². The van der Waals surface area contributed by atoms with Crippen LogP contribution < -0.4 is 0 Å². The molecule has 1 aromatic carbocycles. The van der Waals surface area contributed by atoms with E-state index in [0.717, 1.165) is 5.56 Å². The fourth-order valence-corrected chi connectivity index (χ4v) is 2.46. The number of esters is 1. The lowest BCUT2D eigenvalue weighted by Gasteiger charge is -2.11. The molecule has 0 bridgehead atoms. The molecule has 2 rings (SSSR count). The van der Waals surface area contributed by atoms with Crippen molar-refractivity contribution in [3.63, 3.8) is 0 Å². The SMILES string of the molecule is CC1(C(=O)OCc2cccc(Cl)c2)CC1(Cl)Cl. The van der Waals surface area contributed by atoms with Crippen LogP contribution in [-0.4, -0.2) is 10.3 Å². The highest BCUT2D eigenvalue weighted by molar-refractivity contribution is 6.53. The van der Waals surface area contributed by atoms with Crippen LogP contribution in [0.3, 0.4) is 0 Å². The summed E-state index contributed by atoms with van der Waals surface area (Å²) in [5, 5.41) is 0.611. The Hall–Kier alpha value is -0.440. The van der Waals surface area contributed by atoms with Gasteiger partial charge in [-0.3, -0.25) is 4.79 Å². The molecule has 1 atom stereocenters. The van der Waals surface area contributed by atoms with Crippen molar-refractivity contribution in [1.29, 1.82) is 0 Å². The highest BCUT2D eigenvalue weighted by Gasteiger charge is 2.69. The summed E-state index contributed by atoms with van der Waals surface area (Å²) in [6.45, 7) is 1.88. The lowest BCUT2D eigenvalue weighted by molar-refractivity contribution is -0.150. The van der Waals surface area contributed by atoms with Crippen molar-refractivity contribution in [3.8, 4) is 0 Å². The molecule has 1 unspecified atom stereocenters. The molecule has 1 aliphatic carbocycles. The molecule has 0 heterocycles. The Morgan fingerprint density at radius 2 is 2.12 bits per heavy atom. The Labute approximate surface area is 115 Å². The Morgan fingerprint density at radius 3 is 2.65 bits per heavy atom. The van der Waals surface area contributed by atoms with Crippen molar-refractivity contribution in [3.05, 3.63) is 34.9 Å². The molecule has 0 aliphatic heterocycles. The van der Waals surface area contributed by atoms with E-state index in [1.807, 2.05) is 6.07 Å². The van der Waals surface area contributed by atoms with Gasteiger partial charge in [-0.2, -0.15) is 0 Å². The summed E-state index contributed by atoms with van der Waals surface area (Å²) in [6.07, 6.45) is 0.428. The van der Waals surface area contributed by atoms with E-state index in [1.165, 1.54) is 0 Å². The normalized spacial score (nSPS) is 25.4. The van der Waals surface area contributed by atoms with Crippen molar-refractivity contribution in [2.24, 2.45) is 5.41 Å². The van der Waals surface area contributed by atoms with Gasteiger partial charge in [-0.15, -0.1) is 23.2 Å². The summed E-state index contributed by atoms with van der Waals surface area (Å²) in [4.78, 5) is 11.8. The average Bonchev–Trinajstić information content (AvgIpc) is 2.76. The standard InChI is InChI=1S/C12H11Cl3O2/c1-11(7-12(11,14)15)10(16)17-6-8-3-2-4-9(13)5-8/h2-5H,6-7H2,1H3. The molecule has 0 amide bonds. The molecular formula is C12H11Cl3O2. The van der Waals surface area contributed by atoms with Gasteiger partial charge in [0, 0.05) is 11.4 Å². The topological polar surface area (TPSA) is 26.3 Å². The average molecular weight is 294 g/mol. The van der Waals surface area contributed by atoms with Crippen LogP contribution in [0.2, 0.25) is 5.02 Å². The predicted molar refractivity (Wildman–Crippen MR) is 68.4 cm³/mol. The molecule has 0 N–H and O–H groups in total. The number of hydrogen-bond acceptors (Lipinski definition) is 2. The van der Waals surface area contributed by atoms with Crippen LogP contribution in [-0.2, 0) is 16.1 Å². The fourth-order valence-electron chi connectivity index (χ4n) is 1.56. The molecule has 0 spiro atoms. The van der Waals surface area contributed by atoms with E-state index in [2.05, 4.69) is 0 Å². The second-order valence-corrected chi connectivity index (χ2v) is 6.34. The van der Waals surface area contributed by atoms with Crippen molar-refractivity contribution >= 4 is 40.8 Å². The van der Waals surface area contributed by atoms with Gasteiger partial charge in [-0.05, 0) is 24.6 Å². The predicted octanol–water partition coefficient (Wildman–Crippen LogP) is 3.97. The monoisotopic (exact) mass is 292 g/mol. The first-order valence-electron chi connectivity index (χ1n) is 5.15. The van der Waals surface area contributed by atoms with E-state index in [4.69, 9.17) is 39.5 Å².